The largest absolute Gasteiger partial charge is 0.492 e. The second kappa shape index (κ2) is 7.03. The number of hydrogen-bond acceptors (Lipinski definition) is 4. The molecule has 1 unspecified atom stereocenters. The van der Waals surface area contributed by atoms with Crippen LogP contribution in [-0.2, 0) is 4.74 Å². The number of aliphatic hydroxyl groups excluding tert-OH is 1. The fraction of sp³-hybridized carbons (Fsp3) is 0.562. The number of carbonyl (C=O) groups is 1. The number of ether oxygens (including phenoxy) is 2. The standard InChI is InChI=1S/C16H21ClFNO4/c1-16(2)9-19(8-10(23-16)6-7-20)15(21)11-4-5-12(17)14(22-3)13(11)18/h4-5,10,20H,6-9H2,1-3H3. The SMILES string of the molecule is COc1c(Cl)ccc(C(=O)N2CC(CCO)OC(C)(C)C2)c1F. The summed E-state index contributed by atoms with van der Waals surface area (Å²) in [5.41, 5.74) is -0.660. The second-order valence-corrected chi connectivity index (χ2v) is 6.55. The van der Waals surface area contributed by atoms with Crippen molar-refractivity contribution >= 4 is 17.5 Å². The summed E-state index contributed by atoms with van der Waals surface area (Å²) in [6, 6.07) is 2.79. The number of amides is 1. The quantitative estimate of drug-likeness (QED) is 0.910. The van der Waals surface area contributed by atoms with E-state index in [9.17, 15) is 9.18 Å². The molecule has 2 rings (SSSR count). The van der Waals surface area contributed by atoms with Crippen molar-refractivity contribution in [2.75, 3.05) is 26.8 Å². The van der Waals surface area contributed by atoms with Crippen molar-refractivity contribution in [3.8, 4) is 5.75 Å². The maximum atomic E-state index is 14.4. The minimum Gasteiger partial charge on any atom is -0.492 e. The van der Waals surface area contributed by atoms with Gasteiger partial charge >= 0.3 is 0 Å². The third kappa shape index (κ3) is 3.94. The molecule has 0 spiro atoms. The van der Waals surface area contributed by atoms with Crippen molar-refractivity contribution in [3.63, 3.8) is 0 Å². The fourth-order valence-electron chi connectivity index (χ4n) is 2.80. The Balaban J connectivity index is 2.29. The maximum Gasteiger partial charge on any atom is 0.257 e. The first-order chi connectivity index (χ1) is 10.8. The monoisotopic (exact) mass is 345 g/mol. The lowest BCUT2D eigenvalue weighted by Crippen LogP contribution is -2.54. The van der Waals surface area contributed by atoms with E-state index in [0.717, 1.165) is 0 Å². The molecule has 5 nitrogen and oxygen atoms in total. The van der Waals surface area contributed by atoms with Gasteiger partial charge in [0.15, 0.2) is 11.6 Å². The summed E-state index contributed by atoms with van der Waals surface area (Å²) >= 11 is 5.86. The molecule has 1 aliphatic heterocycles. The highest BCUT2D eigenvalue weighted by Crippen LogP contribution is 2.31. The van der Waals surface area contributed by atoms with Crippen LogP contribution in [0.1, 0.15) is 30.6 Å². The van der Waals surface area contributed by atoms with Gasteiger partial charge in [-0.25, -0.2) is 4.39 Å². The van der Waals surface area contributed by atoms with Gasteiger partial charge in [0, 0.05) is 19.7 Å². The molecular formula is C16H21ClFNO4. The summed E-state index contributed by atoms with van der Waals surface area (Å²) < 4.78 is 25.2. The van der Waals surface area contributed by atoms with Gasteiger partial charge in [0.1, 0.15) is 0 Å². The van der Waals surface area contributed by atoms with E-state index in [1.165, 1.54) is 24.1 Å². The van der Waals surface area contributed by atoms with Gasteiger partial charge in [0.05, 0.1) is 29.4 Å². The van der Waals surface area contributed by atoms with Crippen molar-refractivity contribution in [2.45, 2.75) is 32.0 Å². The average molecular weight is 346 g/mol. The maximum absolute atomic E-state index is 14.4. The van der Waals surface area contributed by atoms with E-state index >= 15 is 0 Å². The van der Waals surface area contributed by atoms with Crippen LogP contribution in [0.2, 0.25) is 5.02 Å². The molecule has 23 heavy (non-hydrogen) atoms. The van der Waals surface area contributed by atoms with Gasteiger partial charge in [-0.2, -0.15) is 0 Å². The second-order valence-electron chi connectivity index (χ2n) is 6.14. The molecule has 0 radical (unpaired) electrons. The Morgan fingerprint density at radius 1 is 1.57 bits per heavy atom. The first-order valence-corrected chi connectivity index (χ1v) is 7.77. The Labute approximate surface area is 139 Å². The van der Waals surface area contributed by atoms with Crippen molar-refractivity contribution in [1.82, 2.24) is 4.90 Å². The van der Waals surface area contributed by atoms with Crippen LogP contribution in [0.4, 0.5) is 4.39 Å². The van der Waals surface area contributed by atoms with E-state index in [2.05, 4.69) is 0 Å². The Hall–Kier alpha value is -1.37. The van der Waals surface area contributed by atoms with E-state index in [4.69, 9.17) is 26.2 Å². The lowest BCUT2D eigenvalue weighted by molar-refractivity contribution is -0.131. The highest BCUT2D eigenvalue weighted by molar-refractivity contribution is 6.32. The Kier molecular flexibility index (Phi) is 5.49. The van der Waals surface area contributed by atoms with Crippen LogP contribution in [0.25, 0.3) is 0 Å². The molecule has 0 bridgehead atoms. The molecule has 1 heterocycles. The summed E-state index contributed by atoms with van der Waals surface area (Å²) in [4.78, 5) is 14.2. The molecule has 0 aromatic heterocycles. The third-order valence-electron chi connectivity index (χ3n) is 3.70. The van der Waals surface area contributed by atoms with E-state index in [0.29, 0.717) is 19.5 Å². The number of benzene rings is 1. The van der Waals surface area contributed by atoms with Crippen LogP contribution in [0.15, 0.2) is 12.1 Å². The van der Waals surface area contributed by atoms with Gasteiger partial charge < -0.3 is 19.5 Å². The predicted molar refractivity (Wildman–Crippen MR) is 84.5 cm³/mol. The zero-order valence-corrected chi connectivity index (χ0v) is 14.2. The van der Waals surface area contributed by atoms with Gasteiger partial charge in [0.25, 0.3) is 5.91 Å². The molecule has 1 aliphatic rings. The van der Waals surface area contributed by atoms with Gasteiger partial charge in [-0.3, -0.25) is 4.79 Å². The average Bonchev–Trinajstić information content (AvgIpc) is 2.46. The molecule has 1 atom stereocenters. The summed E-state index contributed by atoms with van der Waals surface area (Å²) in [6.07, 6.45) is 0.129. The number of hydrogen-bond donors (Lipinski definition) is 1. The lowest BCUT2D eigenvalue weighted by atomic mass is 10.0. The van der Waals surface area contributed by atoms with Crippen molar-refractivity contribution in [3.05, 3.63) is 28.5 Å². The minimum atomic E-state index is -0.770. The molecule has 1 aromatic rings. The molecule has 1 N–H and O–H groups in total. The Morgan fingerprint density at radius 3 is 2.87 bits per heavy atom. The molecule has 0 saturated carbocycles. The van der Waals surface area contributed by atoms with Crippen LogP contribution >= 0.6 is 11.6 Å². The van der Waals surface area contributed by atoms with Crippen molar-refractivity contribution < 1.29 is 23.8 Å². The minimum absolute atomic E-state index is 0.0358. The summed E-state index contributed by atoms with van der Waals surface area (Å²) in [5, 5.41) is 9.21. The topological polar surface area (TPSA) is 59.0 Å². The smallest absolute Gasteiger partial charge is 0.257 e. The number of morpholine rings is 1. The molecule has 0 aliphatic carbocycles. The summed E-state index contributed by atoms with van der Waals surface area (Å²) in [7, 11) is 1.30. The zero-order valence-electron chi connectivity index (χ0n) is 13.4. The molecule has 7 heteroatoms. The number of methoxy groups -OCH3 is 1. The van der Waals surface area contributed by atoms with Crippen LogP contribution in [-0.4, -0.2) is 54.4 Å². The van der Waals surface area contributed by atoms with Gasteiger partial charge in [0.2, 0.25) is 0 Å². The van der Waals surface area contributed by atoms with Gasteiger partial charge in [-0.05, 0) is 32.4 Å². The van der Waals surface area contributed by atoms with E-state index in [1.54, 1.807) is 0 Å². The first-order valence-electron chi connectivity index (χ1n) is 7.39. The van der Waals surface area contributed by atoms with Crippen LogP contribution in [0, 0.1) is 5.82 Å². The molecule has 1 amide bonds. The lowest BCUT2D eigenvalue weighted by Gasteiger charge is -2.42. The predicted octanol–water partition coefficient (Wildman–Crippen LogP) is 2.49. The number of carbonyl (C=O) groups excluding carboxylic acids is 1. The van der Waals surface area contributed by atoms with E-state index in [1.807, 2.05) is 13.8 Å². The van der Waals surface area contributed by atoms with Gasteiger partial charge in [-0.1, -0.05) is 11.6 Å². The number of rotatable bonds is 4. The molecule has 1 fully saturated rings. The Morgan fingerprint density at radius 2 is 2.26 bits per heavy atom. The molecule has 1 saturated heterocycles. The molecule has 1 aromatic carbocycles. The van der Waals surface area contributed by atoms with Crippen molar-refractivity contribution in [2.24, 2.45) is 0 Å². The van der Waals surface area contributed by atoms with Crippen LogP contribution in [0.5, 0.6) is 5.75 Å². The molecule has 128 valence electrons. The number of aliphatic hydroxyl groups is 1. The van der Waals surface area contributed by atoms with Crippen molar-refractivity contribution in [1.29, 1.82) is 0 Å². The molecular weight excluding hydrogens is 325 g/mol. The summed E-state index contributed by atoms with van der Waals surface area (Å²) in [5.74, 6) is -1.36. The normalized spacial score (nSPS) is 20.4. The first kappa shape index (κ1) is 18.0. The highest BCUT2D eigenvalue weighted by atomic mass is 35.5. The number of halogens is 2. The fourth-order valence-corrected chi connectivity index (χ4v) is 3.02. The highest BCUT2D eigenvalue weighted by Gasteiger charge is 2.36. The van der Waals surface area contributed by atoms with Crippen LogP contribution in [0.3, 0.4) is 0 Å². The van der Waals surface area contributed by atoms with Crippen LogP contribution < -0.4 is 4.74 Å². The van der Waals surface area contributed by atoms with Gasteiger partial charge in [-0.15, -0.1) is 0 Å². The zero-order chi connectivity index (χ0) is 17.2. The van der Waals surface area contributed by atoms with E-state index in [-0.39, 0.29) is 29.0 Å². The van der Waals surface area contributed by atoms with E-state index < -0.39 is 17.3 Å². The third-order valence-corrected chi connectivity index (χ3v) is 4.00. The summed E-state index contributed by atoms with van der Waals surface area (Å²) in [6.45, 7) is 4.31. The Bertz CT molecular complexity index is 594. The number of nitrogens with zero attached hydrogens (tertiary/aromatic N) is 1.